The highest BCUT2D eigenvalue weighted by molar-refractivity contribution is 7.16. The molecule has 0 aromatic carbocycles. The summed E-state index contributed by atoms with van der Waals surface area (Å²) in [4.78, 5) is 30.4. The van der Waals surface area contributed by atoms with Gasteiger partial charge < -0.3 is 20.5 Å². The monoisotopic (exact) mass is 430 g/mol. The Morgan fingerprint density at radius 3 is 2.55 bits per heavy atom. The number of carboxylic acids is 1. The Bertz CT molecular complexity index is 871. The first kappa shape index (κ1) is 21.1. The Kier molecular flexibility index (Phi) is 6.15. The molecule has 1 atom stereocenters. The lowest BCUT2D eigenvalue weighted by atomic mass is 9.92. The van der Waals surface area contributed by atoms with Gasteiger partial charge >= 0.3 is 12.1 Å². The van der Waals surface area contributed by atoms with E-state index in [1.54, 1.807) is 12.4 Å². The molecule has 1 unspecified atom stereocenters. The van der Waals surface area contributed by atoms with Crippen LogP contribution in [-0.4, -0.2) is 64.5 Å². The lowest BCUT2D eigenvalue weighted by Gasteiger charge is -2.38. The first-order chi connectivity index (χ1) is 13.7. The van der Waals surface area contributed by atoms with Crippen molar-refractivity contribution in [3.05, 3.63) is 35.5 Å². The minimum Gasteiger partial charge on any atom is -0.475 e. The molecule has 0 bridgehead atoms. The predicted octanol–water partition coefficient (Wildman–Crippen LogP) is 1.70. The van der Waals surface area contributed by atoms with Crippen molar-refractivity contribution in [1.29, 1.82) is 0 Å². The van der Waals surface area contributed by atoms with Crippen molar-refractivity contribution in [2.45, 2.75) is 24.2 Å². The third-order valence-corrected chi connectivity index (χ3v) is 5.31. The van der Waals surface area contributed by atoms with Gasteiger partial charge in [-0.3, -0.25) is 9.78 Å². The van der Waals surface area contributed by atoms with E-state index in [-0.39, 0.29) is 17.6 Å². The molecular weight excluding hydrogens is 413 g/mol. The number of carboxylic acid groups (broad SMARTS) is 1. The van der Waals surface area contributed by atoms with Gasteiger partial charge in [0, 0.05) is 25.7 Å². The SMILES string of the molecule is O=C(NC1COC2(CNC2)C1)c1cnc(-c2ccccn2)s1.O=C(O)C(F)(F)F. The molecule has 1 amide bonds. The fourth-order valence-electron chi connectivity index (χ4n) is 2.83. The molecule has 2 aliphatic heterocycles. The van der Waals surface area contributed by atoms with Crippen LogP contribution in [0.3, 0.4) is 0 Å². The van der Waals surface area contributed by atoms with E-state index in [0.717, 1.165) is 30.2 Å². The standard InChI is InChI=1S/C15H16N4O2S.C2HF3O2/c20-13(19-10-5-15(21-7-10)8-16-9-15)12-6-18-14(22-12)11-3-1-2-4-17-11;3-2(4,5)1(6)7/h1-4,6,10,16H,5,7-9H2,(H,19,20);(H,6,7). The van der Waals surface area contributed by atoms with Gasteiger partial charge in [0.25, 0.3) is 5.91 Å². The van der Waals surface area contributed by atoms with E-state index in [2.05, 4.69) is 20.6 Å². The third kappa shape index (κ3) is 5.28. The summed E-state index contributed by atoms with van der Waals surface area (Å²) in [6, 6.07) is 5.73. The summed E-state index contributed by atoms with van der Waals surface area (Å²) in [7, 11) is 0. The maximum atomic E-state index is 12.3. The zero-order chi connectivity index (χ0) is 21.1. The molecule has 0 aliphatic carbocycles. The number of carbonyl (C=O) groups excluding carboxylic acids is 1. The van der Waals surface area contributed by atoms with E-state index in [0.29, 0.717) is 11.5 Å². The predicted molar refractivity (Wildman–Crippen MR) is 96.5 cm³/mol. The normalized spacial score (nSPS) is 19.8. The first-order valence-electron chi connectivity index (χ1n) is 8.51. The molecule has 2 aromatic heterocycles. The van der Waals surface area contributed by atoms with Gasteiger partial charge in [-0.15, -0.1) is 11.3 Å². The number of alkyl halides is 3. The van der Waals surface area contributed by atoms with Crippen LogP contribution in [0, 0.1) is 0 Å². The lowest BCUT2D eigenvalue weighted by Crippen LogP contribution is -2.59. The van der Waals surface area contributed by atoms with Gasteiger partial charge in [0.15, 0.2) is 0 Å². The van der Waals surface area contributed by atoms with Gasteiger partial charge in [-0.2, -0.15) is 13.2 Å². The van der Waals surface area contributed by atoms with E-state index in [4.69, 9.17) is 14.6 Å². The molecule has 0 saturated carbocycles. The Labute approximate surface area is 167 Å². The van der Waals surface area contributed by atoms with Crippen LogP contribution in [0.5, 0.6) is 0 Å². The fourth-order valence-corrected chi connectivity index (χ4v) is 3.63. The van der Waals surface area contributed by atoms with Gasteiger partial charge in [-0.25, -0.2) is 9.78 Å². The van der Waals surface area contributed by atoms with Crippen molar-refractivity contribution in [2.75, 3.05) is 19.7 Å². The van der Waals surface area contributed by atoms with Crippen LogP contribution >= 0.6 is 11.3 Å². The third-order valence-electron chi connectivity index (χ3n) is 4.29. The molecule has 156 valence electrons. The van der Waals surface area contributed by atoms with Crippen molar-refractivity contribution in [1.82, 2.24) is 20.6 Å². The van der Waals surface area contributed by atoms with Crippen LogP contribution in [0.4, 0.5) is 13.2 Å². The summed E-state index contributed by atoms with van der Waals surface area (Å²) in [5.74, 6) is -2.84. The first-order valence-corrected chi connectivity index (χ1v) is 9.33. The number of aromatic nitrogens is 2. The highest BCUT2D eigenvalue weighted by atomic mass is 32.1. The maximum Gasteiger partial charge on any atom is 0.490 e. The second kappa shape index (κ2) is 8.43. The largest absolute Gasteiger partial charge is 0.490 e. The quantitative estimate of drug-likeness (QED) is 0.679. The second-order valence-electron chi connectivity index (χ2n) is 6.52. The Morgan fingerprint density at radius 2 is 2.03 bits per heavy atom. The van der Waals surface area contributed by atoms with Crippen molar-refractivity contribution < 1.29 is 32.6 Å². The van der Waals surface area contributed by atoms with E-state index >= 15 is 0 Å². The summed E-state index contributed by atoms with van der Waals surface area (Å²) < 4.78 is 37.5. The molecule has 2 aromatic rings. The number of amides is 1. The molecule has 2 fully saturated rings. The molecule has 12 heteroatoms. The highest BCUT2D eigenvalue weighted by Crippen LogP contribution is 2.30. The van der Waals surface area contributed by atoms with Gasteiger partial charge in [0.1, 0.15) is 9.88 Å². The van der Waals surface area contributed by atoms with Crippen molar-refractivity contribution in [3.8, 4) is 10.7 Å². The number of halogens is 3. The number of nitrogens with zero attached hydrogens (tertiary/aromatic N) is 2. The highest BCUT2D eigenvalue weighted by Gasteiger charge is 2.45. The van der Waals surface area contributed by atoms with Crippen molar-refractivity contribution >= 4 is 23.2 Å². The van der Waals surface area contributed by atoms with Gasteiger partial charge in [-0.1, -0.05) is 6.07 Å². The molecule has 4 heterocycles. The number of hydrogen-bond acceptors (Lipinski definition) is 7. The number of pyridine rings is 1. The zero-order valence-corrected chi connectivity index (χ0v) is 15.7. The van der Waals surface area contributed by atoms with Crippen LogP contribution in [0.2, 0.25) is 0 Å². The average molecular weight is 430 g/mol. The van der Waals surface area contributed by atoms with E-state index < -0.39 is 12.1 Å². The minimum absolute atomic E-state index is 0.0508. The van der Waals surface area contributed by atoms with E-state index in [9.17, 15) is 18.0 Å². The Balaban J connectivity index is 0.000000298. The average Bonchev–Trinajstić information content (AvgIpc) is 3.29. The molecule has 1 spiro atoms. The molecule has 8 nitrogen and oxygen atoms in total. The van der Waals surface area contributed by atoms with Gasteiger partial charge in [0.2, 0.25) is 0 Å². The molecule has 3 N–H and O–H groups in total. The Hall–Kier alpha value is -2.57. The number of nitrogens with one attached hydrogen (secondary N) is 2. The molecule has 2 saturated heterocycles. The van der Waals surface area contributed by atoms with Gasteiger partial charge in [-0.05, 0) is 12.1 Å². The van der Waals surface area contributed by atoms with Crippen LogP contribution in [0.1, 0.15) is 16.1 Å². The number of hydrogen-bond donors (Lipinski definition) is 3. The summed E-state index contributed by atoms with van der Waals surface area (Å²) >= 11 is 1.36. The molecule has 2 aliphatic rings. The minimum atomic E-state index is -5.08. The lowest BCUT2D eigenvalue weighted by molar-refractivity contribution is -0.192. The molecule has 29 heavy (non-hydrogen) atoms. The summed E-state index contributed by atoms with van der Waals surface area (Å²) in [5, 5.41) is 14.1. The number of carbonyl (C=O) groups is 2. The van der Waals surface area contributed by atoms with Crippen LogP contribution in [0.15, 0.2) is 30.6 Å². The number of aliphatic carboxylic acids is 1. The second-order valence-corrected chi connectivity index (χ2v) is 7.55. The number of ether oxygens (including phenoxy) is 1. The topological polar surface area (TPSA) is 113 Å². The molecular formula is C17H17F3N4O4S. The summed E-state index contributed by atoms with van der Waals surface area (Å²) in [6.07, 6.45) is -0.878. The van der Waals surface area contributed by atoms with E-state index in [1.807, 2.05) is 18.2 Å². The van der Waals surface area contributed by atoms with Gasteiger partial charge in [0.05, 0.1) is 30.1 Å². The van der Waals surface area contributed by atoms with Crippen LogP contribution < -0.4 is 10.6 Å². The molecule has 0 radical (unpaired) electrons. The molecule has 4 rings (SSSR count). The number of thiazole rings is 1. The zero-order valence-electron chi connectivity index (χ0n) is 14.9. The van der Waals surface area contributed by atoms with E-state index in [1.165, 1.54) is 11.3 Å². The summed E-state index contributed by atoms with van der Waals surface area (Å²) in [5.41, 5.74) is 0.736. The van der Waals surface area contributed by atoms with Crippen molar-refractivity contribution in [3.63, 3.8) is 0 Å². The smallest absolute Gasteiger partial charge is 0.475 e. The van der Waals surface area contributed by atoms with Crippen LogP contribution in [-0.2, 0) is 9.53 Å². The van der Waals surface area contributed by atoms with Crippen molar-refractivity contribution in [2.24, 2.45) is 0 Å². The fraction of sp³-hybridized carbons (Fsp3) is 0.412. The number of rotatable bonds is 3. The van der Waals surface area contributed by atoms with Crippen LogP contribution in [0.25, 0.3) is 10.7 Å². The Morgan fingerprint density at radius 1 is 1.31 bits per heavy atom. The maximum absolute atomic E-state index is 12.3. The summed E-state index contributed by atoms with van der Waals surface area (Å²) in [6.45, 7) is 2.34.